The summed E-state index contributed by atoms with van der Waals surface area (Å²) in [6.45, 7) is 8.97. The molecular weight excluding hydrogens is 288 g/mol. The topological polar surface area (TPSA) is 87.2 Å². The maximum Gasteiger partial charge on any atom is 0.410 e. The molecule has 0 saturated carbocycles. The SMILES string of the molecule is CC(C)N(CC(=O)[C@@H]1CCCN1C(=O)OC(C)(C)C)C(=O)O. The van der Waals surface area contributed by atoms with E-state index in [1.54, 1.807) is 34.6 Å². The molecule has 1 saturated heterocycles. The summed E-state index contributed by atoms with van der Waals surface area (Å²) >= 11 is 0. The van der Waals surface area contributed by atoms with Gasteiger partial charge in [0.05, 0.1) is 12.6 Å². The van der Waals surface area contributed by atoms with Crippen LogP contribution in [0.15, 0.2) is 0 Å². The van der Waals surface area contributed by atoms with Crippen LogP contribution >= 0.6 is 0 Å². The molecule has 0 unspecified atom stereocenters. The lowest BCUT2D eigenvalue weighted by molar-refractivity contribution is -0.124. The van der Waals surface area contributed by atoms with Crippen molar-refractivity contribution in [1.82, 2.24) is 9.80 Å². The van der Waals surface area contributed by atoms with Gasteiger partial charge in [-0.25, -0.2) is 9.59 Å². The Bertz CT molecular complexity index is 442. The standard InChI is InChI=1S/C15H26N2O5/c1-10(2)17(13(19)20)9-12(18)11-7-6-8-16(11)14(21)22-15(3,4)5/h10-11H,6-9H2,1-5H3,(H,19,20)/t11-/m0/s1. The number of amides is 2. The van der Waals surface area contributed by atoms with Gasteiger partial charge in [0.25, 0.3) is 0 Å². The quantitative estimate of drug-likeness (QED) is 0.860. The van der Waals surface area contributed by atoms with Crippen molar-refractivity contribution in [2.75, 3.05) is 13.1 Å². The largest absolute Gasteiger partial charge is 0.465 e. The highest BCUT2D eigenvalue weighted by atomic mass is 16.6. The van der Waals surface area contributed by atoms with E-state index in [1.165, 1.54) is 4.90 Å². The summed E-state index contributed by atoms with van der Waals surface area (Å²) in [5, 5.41) is 9.13. The molecule has 1 rings (SSSR count). The summed E-state index contributed by atoms with van der Waals surface area (Å²) in [4.78, 5) is 38.2. The van der Waals surface area contributed by atoms with Gasteiger partial charge >= 0.3 is 12.2 Å². The van der Waals surface area contributed by atoms with Crippen LogP contribution in [0, 0.1) is 0 Å². The van der Waals surface area contributed by atoms with Crippen molar-refractivity contribution in [2.45, 2.75) is 65.1 Å². The second-order valence-corrected chi connectivity index (χ2v) is 6.80. The molecule has 0 spiro atoms. The molecule has 0 radical (unpaired) electrons. The number of carbonyl (C=O) groups excluding carboxylic acids is 2. The third kappa shape index (κ3) is 4.89. The minimum absolute atomic E-state index is 0.211. The zero-order valence-electron chi connectivity index (χ0n) is 14.0. The highest BCUT2D eigenvalue weighted by molar-refractivity contribution is 5.91. The first kappa shape index (κ1) is 18.3. The van der Waals surface area contributed by atoms with Crippen LogP contribution in [0.2, 0.25) is 0 Å². The van der Waals surface area contributed by atoms with E-state index < -0.39 is 23.8 Å². The van der Waals surface area contributed by atoms with Gasteiger partial charge in [-0.05, 0) is 47.5 Å². The highest BCUT2D eigenvalue weighted by Crippen LogP contribution is 2.22. The lowest BCUT2D eigenvalue weighted by Crippen LogP contribution is -2.48. The van der Waals surface area contributed by atoms with Gasteiger partial charge in [0.2, 0.25) is 0 Å². The van der Waals surface area contributed by atoms with Crippen molar-refractivity contribution >= 4 is 18.0 Å². The number of likely N-dealkylation sites (tertiary alicyclic amines) is 1. The Labute approximate surface area is 131 Å². The molecule has 0 bridgehead atoms. The minimum atomic E-state index is -1.13. The van der Waals surface area contributed by atoms with Crippen LogP contribution in [-0.4, -0.2) is 63.7 Å². The van der Waals surface area contributed by atoms with E-state index in [2.05, 4.69) is 0 Å². The molecule has 126 valence electrons. The van der Waals surface area contributed by atoms with Crippen molar-refractivity contribution in [3.63, 3.8) is 0 Å². The van der Waals surface area contributed by atoms with Gasteiger partial charge in [-0.15, -0.1) is 0 Å². The first-order valence-corrected chi connectivity index (χ1v) is 7.55. The van der Waals surface area contributed by atoms with E-state index in [1.807, 2.05) is 0 Å². The smallest absolute Gasteiger partial charge is 0.410 e. The molecule has 1 aliphatic rings. The van der Waals surface area contributed by atoms with Crippen molar-refractivity contribution in [2.24, 2.45) is 0 Å². The van der Waals surface area contributed by atoms with Gasteiger partial charge in [-0.3, -0.25) is 14.6 Å². The fourth-order valence-electron chi connectivity index (χ4n) is 2.38. The van der Waals surface area contributed by atoms with Crippen LogP contribution in [0.5, 0.6) is 0 Å². The van der Waals surface area contributed by atoms with E-state index in [4.69, 9.17) is 9.84 Å². The second kappa shape index (κ2) is 6.98. The van der Waals surface area contributed by atoms with E-state index in [0.717, 1.165) is 4.90 Å². The second-order valence-electron chi connectivity index (χ2n) is 6.80. The number of ketones is 1. The molecule has 1 N–H and O–H groups in total. The Kier molecular flexibility index (Phi) is 5.79. The van der Waals surface area contributed by atoms with Crippen LogP contribution in [0.3, 0.4) is 0 Å². The van der Waals surface area contributed by atoms with E-state index in [-0.39, 0.29) is 18.4 Å². The van der Waals surface area contributed by atoms with E-state index >= 15 is 0 Å². The summed E-state index contributed by atoms with van der Waals surface area (Å²) in [6, 6.07) is -0.895. The van der Waals surface area contributed by atoms with Gasteiger partial charge in [0.15, 0.2) is 5.78 Å². The maximum atomic E-state index is 12.4. The molecule has 2 amide bonds. The molecule has 1 aliphatic heterocycles. The van der Waals surface area contributed by atoms with Gasteiger partial charge in [-0.1, -0.05) is 0 Å². The minimum Gasteiger partial charge on any atom is -0.465 e. The Morgan fingerprint density at radius 1 is 1.32 bits per heavy atom. The first-order valence-electron chi connectivity index (χ1n) is 7.55. The number of hydrogen-bond donors (Lipinski definition) is 1. The Hall–Kier alpha value is -1.79. The number of rotatable bonds is 4. The highest BCUT2D eigenvalue weighted by Gasteiger charge is 2.37. The molecule has 1 heterocycles. The summed E-state index contributed by atoms with van der Waals surface area (Å²) in [7, 11) is 0. The number of ether oxygens (including phenoxy) is 1. The molecule has 1 atom stereocenters. The Balaban J connectivity index is 2.75. The third-order valence-corrected chi connectivity index (χ3v) is 3.45. The van der Waals surface area contributed by atoms with Crippen LogP contribution < -0.4 is 0 Å². The number of carboxylic acid groups (broad SMARTS) is 1. The third-order valence-electron chi connectivity index (χ3n) is 3.45. The lowest BCUT2D eigenvalue weighted by Gasteiger charge is -2.29. The number of nitrogens with zero attached hydrogens (tertiary/aromatic N) is 2. The van der Waals surface area contributed by atoms with Gasteiger partial charge in [-0.2, -0.15) is 0 Å². The predicted octanol–water partition coefficient (Wildman–Crippen LogP) is 2.34. The van der Waals surface area contributed by atoms with E-state index in [9.17, 15) is 14.4 Å². The van der Waals surface area contributed by atoms with Crippen LogP contribution in [0.1, 0.15) is 47.5 Å². The van der Waals surface area contributed by atoms with Crippen LogP contribution in [0.25, 0.3) is 0 Å². The first-order chi connectivity index (χ1) is 10.0. The monoisotopic (exact) mass is 314 g/mol. The summed E-state index contributed by atoms with van der Waals surface area (Å²) in [5.74, 6) is -0.264. The fraction of sp³-hybridized carbons (Fsp3) is 0.800. The molecule has 7 heteroatoms. The molecule has 0 aromatic carbocycles. The number of carbonyl (C=O) groups is 3. The van der Waals surface area contributed by atoms with Gasteiger partial charge in [0.1, 0.15) is 5.60 Å². The van der Waals surface area contributed by atoms with Crippen molar-refractivity contribution < 1.29 is 24.2 Å². The predicted molar refractivity (Wildman–Crippen MR) is 80.8 cm³/mol. The zero-order chi connectivity index (χ0) is 17.1. The van der Waals surface area contributed by atoms with Gasteiger partial charge in [0, 0.05) is 12.6 Å². The maximum absolute atomic E-state index is 12.4. The molecule has 1 fully saturated rings. The zero-order valence-corrected chi connectivity index (χ0v) is 14.0. The van der Waals surface area contributed by atoms with Crippen molar-refractivity contribution in [3.8, 4) is 0 Å². The number of Topliss-reactive ketones (excluding diaryl/α,β-unsaturated/α-hetero) is 1. The average Bonchev–Trinajstić information content (AvgIpc) is 2.81. The molecular formula is C15H26N2O5. The fourth-order valence-corrected chi connectivity index (χ4v) is 2.38. The summed E-state index contributed by atoms with van der Waals surface area (Å²) < 4.78 is 5.31. The average molecular weight is 314 g/mol. The summed E-state index contributed by atoms with van der Waals surface area (Å²) in [5.41, 5.74) is -0.627. The Morgan fingerprint density at radius 3 is 2.36 bits per heavy atom. The van der Waals surface area contributed by atoms with Crippen LogP contribution in [0.4, 0.5) is 9.59 Å². The van der Waals surface area contributed by atoms with Crippen LogP contribution in [-0.2, 0) is 9.53 Å². The normalized spacial score (nSPS) is 18.5. The molecule has 22 heavy (non-hydrogen) atoms. The molecule has 7 nitrogen and oxygen atoms in total. The lowest BCUT2D eigenvalue weighted by atomic mass is 10.1. The molecule has 0 aromatic heterocycles. The van der Waals surface area contributed by atoms with Gasteiger partial charge < -0.3 is 9.84 Å². The molecule has 0 aliphatic carbocycles. The number of hydrogen-bond acceptors (Lipinski definition) is 4. The molecule has 0 aromatic rings. The van der Waals surface area contributed by atoms with Crippen molar-refractivity contribution in [1.29, 1.82) is 0 Å². The van der Waals surface area contributed by atoms with E-state index in [0.29, 0.717) is 19.4 Å². The van der Waals surface area contributed by atoms with Crippen molar-refractivity contribution in [3.05, 3.63) is 0 Å². The Morgan fingerprint density at radius 2 is 1.91 bits per heavy atom. The summed E-state index contributed by atoms with van der Waals surface area (Å²) in [6.07, 6.45) is -0.395.